The molecule has 10 nitrogen and oxygen atoms in total. The zero-order valence-corrected chi connectivity index (χ0v) is 45.9. The minimum absolute atomic E-state index is 0. The molecule has 0 amide bonds. The van der Waals surface area contributed by atoms with Crippen molar-refractivity contribution in [3.8, 4) is 5.75 Å². The number of carbonyl (C=O) groups excluding carboxylic acids is 2. The molecule has 1 saturated heterocycles. The minimum Gasteiger partial charge on any atom is -0.497 e. The highest BCUT2D eigenvalue weighted by Gasteiger charge is 2.63. The maximum Gasteiger partial charge on any atom is 0.314 e. The average molecular weight is 1030 g/mol. The summed E-state index contributed by atoms with van der Waals surface area (Å²) in [7, 11) is 9.41. The Labute approximate surface area is 417 Å². The number of benzene rings is 2. The van der Waals surface area contributed by atoms with Gasteiger partial charge < -0.3 is 32.1 Å². The topological polar surface area (TPSA) is 96.6 Å². The molecule has 376 valence electrons. The normalized spacial score (nSPS) is 21.6. The number of halogens is 1. The number of esters is 2. The number of methoxy groups -OCH3 is 2. The Hall–Kier alpha value is -3.13. The number of H-pyrrole nitrogens is 1. The first kappa shape index (κ1) is 60.9. The summed E-state index contributed by atoms with van der Waals surface area (Å²) in [6, 6.07) is 13.3. The summed E-state index contributed by atoms with van der Waals surface area (Å²) in [5.41, 5.74) is 6.93. The summed E-state index contributed by atoms with van der Waals surface area (Å²) in [4.78, 5) is 35.1. The number of likely N-dealkylation sites (N-methyl/N-ethyl adjacent to an activating group) is 1. The number of fused-ring (bicyclic) bond motifs is 1. The van der Waals surface area contributed by atoms with E-state index in [9.17, 15) is 9.59 Å². The zero-order chi connectivity index (χ0) is 49.1. The molecule has 3 aromatic rings. The van der Waals surface area contributed by atoms with Crippen molar-refractivity contribution in [2.75, 3.05) is 66.4 Å². The first-order chi connectivity index (χ1) is 31.2. The molecule has 1 saturated carbocycles. The number of aromatic nitrogens is 1. The molecule has 3 unspecified atom stereocenters. The van der Waals surface area contributed by atoms with E-state index in [0.717, 1.165) is 111 Å². The lowest BCUT2D eigenvalue weighted by molar-refractivity contribution is -0.161. The zero-order valence-electron chi connectivity index (χ0n) is 43.7. The Morgan fingerprint density at radius 1 is 0.970 bits per heavy atom. The van der Waals surface area contributed by atoms with Crippen LogP contribution in [-0.4, -0.2) is 106 Å². The SMILES string of the molecule is C.CC.CC.CC.CCN(C)C[C@](CC)(CCCCC(C(=O)OC)c1[nH]c2ccc(N(C)C)cc2c1C)OI.CC[C@]12C=CCN3CC[C@](c4ccc(OC)cc4C)(CCC1OC(C)=O)C32. The van der Waals surface area contributed by atoms with Crippen molar-refractivity contribution in [1.29, 1.82) is 0 Å². The lowest BCUT2D eigenvalue weighted by Gasteiger charge is -2.57. The Balaban J connectivity index is 0.000000590. The van der Waals surface area contributed by atoms with Crippen molar-refractivity contribution in [3.63, 3.8) is 0 Å². The number of aromatic amines is 1. The second-order valence-electron chi connectivity index (χ2n) is 17.5. The van der Waals surface area contributed by atoms with Crippen LogP contribution in [-0.2, 0) is 27.5 Å². The Morgan fingerprint density at radius 3 is 2.20 bits per heavy atom. The molecule has 2 fully saturated rings. The van der Waals surface area contributed by atoms with Crippen molar-refractivity contribution in [2.24, 2.45) is 5.41 Å². The van der Waals surface area contributed by atoms with Crippen molar-refractivity contribution >= 4 is 51.5 Å². The number of rotatable bonds is 17. The van der Waals surface area contributed by atoms with Gasteiger partial charge in [0.25, 0.3) is 0 Å². The number of carbonyl (C=O) groups is 2. The molecule has 6 rings (SSSR count). The van der Waals surface area contributed by atoms with E-state index in [0.29, 0.717) is 6.04 Å². The third kappa shape index (κ3) is 13.8. The van der Waals surface area contributed by atoms with Gasteiger partial charge in [0.05, 0.1) is 25.7 Å². The molecule has 1 aromatic heterocycles. The summed E-state index contributed by atoms with van der Waals surface area (Å²) in [5.74, 6) is 0.293. The summed E-state index contributed by atoms with van der Waals surface area (Å²) in [5, 5.41) is 1.16. The average Bonchev–Trinajstić information content (AvgIpc) is 3.89. The highest BCUT2D eigenvalue weighted by atomic mass is 127. The van der Waals surface area contributed by atoms with E-state index in [1.54, 1.807) is 7.11 Å². The smallest absolute Gasteiger partial charge is 0.314 e. The second kappa shape index (κ2) is 29.0. The Morgan fingerprint density at radius 2 is 1.65 bits per heavy atom. The fourth-order valence-corrected chi connectivity index (χ4v) is 11.4. The quantitative estimate of drug-likeness (QED) is 0.0614. The molecule has 0 bridgehead atoms. The van der Waals surface area contributed by atoms with Gasteiger partial charge >= 0.3 is 11.9 Å². The largest absolute Gasteiger partial charge is 0.497 e. The van der Waals surface area contributed by atoms with Gasteiger partial charge in [-0.3, -0.25) is 14.5 Å². The lowest BCUT2D eigenvalue weighted by Crippen LogP contribution is -2.63. The number of nitrogens with one attached hydrogen (secondary N) is 1. The monoisotopic (exact) mass is 1030 g/mol. The molecule has 11 heteroatoms. The van der Waals surface area contributed by atoms with Gasteiger partial charge in [0.2, 0.25) is 0 Å². The molecule has 3 aliphatic rings. The summed E-state index contributed by atoms with van der Waals surface area (Å²) in [6.07, 6.45) is 13.4. The third-order valence-corrected chi connectivity index (χ3v) is 15.0. The van der Waals surface area contributed by atoms with Crippen molar-refractivity contribution in [3.05, 3.63) is 70.9 Å². The summed E-state index contributed by atoms with van der Waals surface area (Å²) in [6.45, 7) is 28.5. The standard InChI is InChI=1S/C25H40IN3O3.C23H31NO3.3C2H6.CH4/c1-8-25(32-26,17-29(6)9-2)15-11-10-12-20(24(30)31-7)23-18(3)21-16-19(28(4)5)13-14-22(21)27-23;1-5-22-10-6-13-24-14-12-23(21(22)24,11-9-20(22)27-17(3)25)19-8-7-18(26-4)15-16(19)2;3*1-2;/h13-14,16,20,27H,8-12,15,17H2,1-7H3;6-8,10,15,20-21H,5,9,11-14H2,1-4H3;3*1-2H3;1H4/t20?,25-;20?,21?,22-,23-;;;;/m00..../s1. The van der Waals surface area contributed by atoms with Crippen LogP contribution in [0.2, 0.25) is 0 Å². The number of hydrogen-bond acceptors (Lipinski definition) is 9. The second-order valence-corrected chi connectivity index (χ2v) is 18.0. The van der Waals surface area contributed by atoms with E-state index in [4.69, 9.17) is 17.3 Å². The van der Waals surface area contributed by atoms with Crippen LogP contribution in [0.15, 0.2) is 48.6 Å². The van der Waals surface area contributed by atoms with E-state index < -0.39 is 0 Å². The van der Waals surface area contributed by atoms with E-state index in [2.05, 4.69) is 133 Å². The van der Waals surface area contributed by atoms with E-state index >= 15 is 0 Å². The highest BCUT2D eigenvalue weighted by molar-refractivity contribution is 14.1. The molecule has 66 heavy (non-hydrogen) atoms. The number of aryl methyl sites for hydroxylation is 2. The maximum atomic E-state index is 12.7. The van der Waals surface area contributed by atoms with Gasteiger partial charge in [-0.15, -0.1) is 0 Å². The predicted octanol–water partition coefficient (Wildman–Crippen LogP) is 13.5. The Bertz CT molecular complexity index is 1930. The summed E-state index contributed by atoms with van der Waals surface area (Å²) < 4.78 is 22.5. The molecular weight excluding hydrogens is 940 g/mol. The van der Waals surface area contributed by atoms with Gasteiger partial charge in [-0.2, -0.15) is 0 Å². The van der Waals surface area contributed by atoms with Crippen LogP contribution in [0.1, 0.15) is 163 Å². The molecule has 2 aromatic carbocycles. The van der Waals surface area contributed by atoms with Crippen LogP contribution in [0.3, 0.4) is 0 Å². The van der Waals surface area contributed by atoms with Gasteiger partial charge in [-0.1, -0.05) is 101 Å². The molecule has 6 atom stereocenters. The Kier molecular flexibility index (Phi) is 26.8. The van der Waals surface area contributed by atoms with Crippen molar-refractivity contribution < 1.29 is 26.9 Å². The number of unbranched alkanes of at least 4 members (excludes halogenated alkanes) is 1. The molecular formula is C55H93IN4O6. The fourth-order valence-electron chi connectivity index (χ4n) is 10.7. The molecule has 1 aliphatic carbocycles. The molecule has 0 radical (unpaired) electrons. The van der Waals surface area contributed by atoms with E-state index in [1.807, 2.05) is 55.6 Å². The van der Waals surface area contributed by atoms with Crippen molar-refractivity contribution in [1.82, 2.24) is 14.8 Å². The first-order valence-electron chi connectivity index (χ1n) is 24.8. The van der Waals surface area contributed by atoms with Gasteiger partial charge in [0.15, 0.2) is 0 Å². The first-order valence-corrected chi connectivity index (χ1v) is 25.7. The number of ether oxygens (including phenoxy) is 3. The predicted molar refractivity (Wildman–Crippen MR) is 289 cm³/mol. The van der Waals surface area contributed by atoms with Crippen LogP contribution >= 0.6 is 23.0 Å². The van der Waals surface area contributed by atoms with Gasteiger partial charge in [-0.05, 0) is 126 Å². The lowest BCUT2D eigenvalue weighted by atomic mass is 9.53. The van der Waals surface area contributed by atoms with Gasteiger partial charge in [-0.25, -0.2) is 0 Å². The fraction of sp³-hybridized carbons (Fsp3) is 0.673. The van der Waals surface area contributed by atoms with Gasteiger partial charge in [0, 0.05) is 73.3 Å². The molecule has 3 heterocycles. The van der Waals surface area contributed by atoms with Crippen molar-refractivity contribution in [2.45, 2.75) is 177 Å². The summed E-state index contributed by atoms with van der Waals surface area (Å²) >= 11 is 2.05. The molecule has 1 N–H and O–H groups in total. The van der Waals surface area contributed by atoms with E-state index in [-0.39, 0.29) is 47.8 Å². The molecule has 0 spiro atoms. The van der Waals surface area contributed by atoms with Crippen LogP contribution < -0.4 is 9.64 Å². The van der Waals surface area contributed by atoms with Gasteiger partial charge in [0.1, 0.15) is 34.9 Å². The minimum atomic E-state index is -0.287. The van der Waals surface area contributed by atoms with Crippen LogP contribution in [0.25, 0.3) is 10.9 Å². The number of anilines is 1. The number of hydrogen-bond donors (Lipinski definition) is 1. The van der Waals surface area contributed by atoms with Crippen LogP contribution in [0.5, 0.6) is 5.75 Å². The van der Waals surface area contributed by atoms with E-state index in [1.165, 1.54) is 31.6 Å². The highest BCUT2D eigenvalue weighted by Crippen LogP contribution is 2.60. The maximum absolute atomic E-state index is 12.7. The van der Waals surface area contributed by atoms with Crippen LogP contribution in [0, 0.1) is 19.3 Å². The molecule has 2 aliphatic heterocycles. The third-order valence-electron chi connectivity index (χ3n) is 14.1. The van der Waals surface area contributed by atoms with Crippen LogP contribution in [0.4, 0.5) is 5.69 Å². The number of nitrogens with zero attached hydrogens (tertiary/aromatic N) is 3.